The quantitative estimate of drug-likeness (QED) is 0.123. The fourth-order valence-electron chi connectivity index (χ4n) is 7.16. The van der Waals surface area contributed by atoms with E-state index in [1.807, 2.05) is 92.7 Å². The minimum Gasteiger partial charge on any atom is -0.305 e. The molecule has 0 aliphatic carbocycles. The first kappa shape index (κ1) is 37.1. The van der Waals surface area contributed by atoms with Gasteiger partial charge in [0.2, 0.25) is 0 Å². The van der Waals surface area contributed by atoms with E-state index in [2.05, 4.69) is 105 Å². The average Bonchev–Trinajstić information content (AvgIpc) is 3.58. The number of aryl methyl sites for hydroxylation is 2. The van der Waals surface area contributed by atoms with E-state index < -0.39 is 26.0 Å². The van der Waals surface area contributed by atoms with Gasteiger partial charge in [-0.25, -0.2) is 0 Å². The van der Waals surface area contributed by atoms with Crippen LogP contribution in [-0.4, -0.2) is 23.2 Å². The minimum atomic E-state index is -2.28. The van der Waals surface area contributed by atoms with E-state index in [1.54, 1.807) is 17.5 Å². The molecule has 1 radical (unpaired) electrons. The summed E-state index contributed by atoms with van der Waals surface area (Å²) in [7, 11) is 0. The number of fused-ring (bicyclic) bond motifs is 3. The summed E-state index contributed by atoms with van der Waals surface area (Å²) in [5, 5.41) is 1.90. The van der Waals surface area contributed by atoms with E-state index in [9.17, 15) is 0 Å². The predicted octanol–water partition coefficient (Wildman–Crippen LogP) is 14.4. The van der Waals surface area contributed by atoms with Gasteiger partial charge in [0.1, 0.15) is 0 Å². The molecule has 57 heavy (non-hydrogen) atoms. The van der Waals surface area contributed by atoms with Crippen LogP contribution in [0.1, 0.15) is 68.2 Å². The van der Waals surface area contributed by atoms with Crippen LogP contribution in [0.15, 0.2) is 128 Å². The average molecular weight is 1010 g/mol. The molecule has 0 bridgehead atoms. The van der Waals surface area contributed by atoms with Crippen LogP contribution in [0.4, 0.5) is 0 Å². The largest absolute Gasteiger partial charge is 0.305 e. The normalized spacial score (nSPS) is 13.1. The first-order chi connectivity index (χ1) is 28.2. The fraction of sp³-hybridized carbons (Fsp3) is 0.231. The van der Waals surface area contributed by atoms with Crippen molar-refractivity contribution in [2.24, 2.45) is 0 Å². The summed E-state index contributed by atoms with van der Waals surface area (Å²) < 4.78 is 37.1. The summed E-state index contributed by atoms with van der Waals surface area (Å²) in [6, 6.07) is 45.0. The third-order valence-corrected chi connectivity index (χ3v) is 16.0. The van der Waals surface area contributed by atoms with Crippen LogP contribution < -0.4 is 4.40 Å². The maximum absolute atomic E-state index is 8.45. The van der Waals surface area contributed by atoms with E-state index in [4.69, 9.17) is 10.5 Å². The Bertz CT molecular complexity index is 2830. The second kappa shape index (κ2) is 17.3. The number of aromatic nitrogens is 2. The molecule has 0 saturated carbocycles. The van der Waals surface area contributed by atoms with Gasteiger partial charge in [-0.1, -0.05) is 85.5 Å². The summed E-state index contributed by atoms with van der Waals surface area (Å²) in [5.41, 5.74) is 11.6. The molecule has 8 rings (SSSR count). The molecule has 0 fully saturated rings. The summed E-state index contributed by atoms with van der Waals surface area (Å²) in [6.45, 7) is 10.4. The molecule has 0 atom stereocenters. The Balaban J connectivity index is 0.000000240. The number of pyridine rings is 2. The number of hydrogen-bond acceptors (Lipinski definition) is 3. The van der Waals surface area contributed by atoms with Crippen molar-refractivity contribution in [3.63, 3.8) is 0 Å². The van der Waals surface area contributed by atoms with Crippen molar-refractivity contribution in [1.29, 1.82) is 0 Å². The Morgan fingerprint density at radius 1 is 0.737 bits per heavy atom. The molecule has 0 aliphatic heterocycles. The Morgan fingerprint density at radius 2 is 1.47 bits per heavy atom. The molecule has 0 spiro atoms. The Hall–Kier alpha value is -4.19. The number of nitrogens with zero attached hydrogens (tertiary/aromatic N) is 2. The fourth-order valence-corrected chi connectivity index (χ4v) is 12.0. The van der Waals surface area contributed by atoms with Gasteiger partial charge in [0.05, 0.1) is 0 Å². The van der Waals surface area contributed by atoms with Crippen LogP contribution >= 0.6 is 11.3 Å². The van der Waals surface area contributed by atoms with Gasteiger partial charge in [0, 0.05) is 36.5 Å². The zero-order chi connectivity index (χ0) is 43.2. The molecule has 0 unspecified atom stereocenters. The van der Waals surface area contributed by atoms with Gasteiger partial charge in [-0.2, -0.15) is 11.3 Å². The molecule has 3 aromatic heterocycles. The summed E-state index contributed by atoms with van der Waals surface area (Å²) in [6.07, 6.45) is 3.84. The van der Waals surface area contributed by atoms with Crippen molar-refractivity contribution in [3.8, 4) is 44.8 Å². The topological polar surface area (TPSA) is 25.8 Å². The first-order valence-electron chi connectivity index (χ1n) is 21.2. The van der Waals surface area contributed by atoms with Crippen LogP contribution in [-0.2, 0) is 25.5 Å². The van der Waals surface area contributed by atoms with Crippen molar-refractivity contribution in [2.75, 3.05) is 0 Å². The number of benzene rings is 5. The molecule has 0 N–H and O–H groups in total. The predicted molar refractivity (Wildman–Crippen MR) is 246 cm³/mol. The zero-order valence-corrected chi connectivity index (χ0v) is 39.6. The van der Waals surface area contributed by atoms with Gasteiger partial charge in [-0.15, -0.1) is 23.8 Å². The maximum atomic E-state index is 8.45. The van der Waals surface area contributed by atoms with Crippen LogP contribution in [0.5, 0.6) is 0 Å². The van der Waals surface area contributed by atoms with Crippen molar-refractivity contribution in [3.05, 3.63) is 162 Å². The summed E-state index contributed by atoms with van der Waals surface area (Å²) >= 11 is -0.198. The minimum absolute atomic E-state index is 0. The Labute approximate surface area is 366 Å². The molecule has 5 aromatic carbocycles. The standard InChI is InChI=1S/C33H26NS.C19H26GeN.Ir/c1-21(2)24-15-16-34-31(19-24)28-14-8-13-27-30-17-22(3)29(20-32(30)35-33(27)28)26-12-7-11-25(18-26)23-9-5-4-6-10-23;1-14-11-18(21-13-17(14)20(5,6)7)15-9-8-10-16(12-15)19(2,3)4;/h4-13,15-21H,1-3H3;8,10-13H,1-7H3;/q2*-1;/i3D3,21D;;. The second-order valence-electron chi connectivity index (χ2n) is 16.8. The molecule has 3 heterocycles. The van der Waals surface area contributed by atoms with Crippen molar-refractivity contribution < 1.29 is 25.6 Å². The molecule has 0 aliphatic rings. The van der Waals surface area contributed by atoms with Crippen LogP contribution in [0, 0.1) is 25.9 Å². The number of hydrogen-bond donors (Lipinski definition) is 0. The molecule has 5 heteroatoms. The monoisotopic (exact) mass is 1010 g/mol. The SMILES string of the molecule is Cc1cc(-c2[c-]ccc(C(C)(C)C)c2)nc[c]1[Ge]([CH3])([CH3])[CH3].[2H]C([2H])([2H])c1cc2c(cc1-c1cccc(-c3ccccc3)c1)sc1c(-c3cc(C([2H])(C)C)ccn3)[c-]ccc12.[Ir]. The van der Waals surface area contributed by atoms with Crippen molar-refractivity contribution in [2.45, 2.75) is 77.0 Å². The van der Waals surface area contributed by atoms with Gasteiger partial charge >= 0.3 is 132 Å². The van der Waals surface area contributed by atoms with E-state index >= 15 is 0 Å². The van der Waals surface area contributed by atoms with Crippen molar-refractivity contribution >= 4 is 49.2 Å². The molecule has 2 nitrogen and oxygen atoms in total. The molecule has 0 amide bonds. The Morgan fingerprint density at radius 3 is 2.18 bits per heavy atom. The molecular formula is C52H52GeIrN2S-2. The third-order valence-electron chi connectivity index (χ3n) is 10.3. The van der Waals surface area contributed by atoms with Gasteiger partial charge in [-0.05, 0) is 74.5 Å². The molecule has 0 saturated heterocycles. The summed E-state index contributed by atoms with van der Waals surface area (Å²) in [4.78, 5) is 9.32. The number of rotatable bonds is 6. The van der Waals surface area contributed by atoms with Crippen LogP contribution in [0.2, 0.25) is 17.3 Å². The van der Waals surface area contributed by atoms with Gasteiger partial charge in [0.25, 0.3) is 0 Å². The summed E-state index contributed by atoms with van der Waals surface area (Å²) in [5.74, 6) is 6.49. The van der Waals surface area contributed by atoms with E-state index in [0.29, 0.717) is 11.1 Å². The van der Waals surface area contributed by atoms with Gasteiger partial charge in [0.15, 0.2) is 0 Å². The number of thiophene rings is 1. The van der Waals surface area contributed by atoms with E-state index in [-0.39, 0.29) is 25.5 Å². The second-order valence-corrected chi connectivity index (χ2v) is 28.5. The molecule has 291 valence electrons. The smallest absolute Gasteiger partial charge is 0.0346 e. The maximum Gasteiger partial charge on any atom is 0.0346 e. The van der Waals surface area contributed by atoms with Crippen molar-refractivity contribution in [1.82, 2.24) is 9.97 Å². The zero-order valence-electron chi connectivity index (χ0n) is 38.3. The van der Waals surface area contributed by atoms with E-state index in [0.717, 1.165) is 64.9 Å². The Kier molecular flexibility index (Phi) is 11.3. The van der Waals surface area contributed by atoms with Crippen LogP contribution in [0.3, 0.4) is 0 Å². The molecular weight excluding hydrogens is 949 g/mol. The van der Waals surface area contributed by atoms with Gasteiger partial charge in [-0.3, -0.25) is 0 Å². The van der Waals surface area contributed by atoms with Gasteiger partial charge < -0.3 is 4.98 Å². The first-order valence-corrected chi connectivity index (χ1v) is 27.4. The van der Waals surface area contributed by atoms with E-state index in [1.165, 1.54) is 15.5 Å². The molecule has 8 aromatic rings. The van der Waals surface area contributed by atoms with Crippen LogP contribution in [0.25, 0.3) is 64.9 Å². The third kappa shape index (κ3) is 9.42.